The molecule has 3 aliphatic rings. The number of nitrogens with zero attached hydrogens (tertiary/aromatic N) is 4. The van der Waals surface area contributed by atoms with Crippen molar-refractivity contribution in [2.75, 3.05) is 44.4 Å². The van der Waals surface area contributed by atoms with E-state index in [1.165, 1.54) is 6.08 Å². The molecule has 2 unspecified atom stereocenters. The second-order valence-electron chi connectivity index (χ2n) is 12.7. The average Bonchev–Trinajstić information content (AvgIpc) is 3.34. The van der Waals surface area contributed by atoms with Crippen molar-refractivity contribution in [3.63, 3.8) is 0 Å². The van der Waals surface area contributed by atoms with Gasteiger partial charge in [-0.1, -0.05) is 35.9 Å². The van der Waals surface area contributed by atoms with Gasteiger partial charge in [-0.25, -0.2) is 4.39 Å². The first-order valence-electron chi connectivity index (χ1n) is 16.0. The Morgan fingerprint density at radius 2 is 1.87 bits per heavy atom. The molecule has 10 heteroatoms. The summed E-state index contributed by atoms with van der Waals surface area (Å²) in [5.74, 6) is 0.0857. The molecule has 3 fully saturated rings. The van der Waals surface area contributed by atoms with E-state index in [0.717, 1.165) is 63.2 Å². The topological polar surface area (TPSA) is 83.0 Å². The summed E-state index contributed by atoms with van der Waals surface area (Å²) < 4.78 is 28.3. The number of hydrogen-bond donors (Lipinski definition) is 2. The minimum atomic E-state index is -0.558. The van der Waals surface area contributed by atoms with Gasteiger partial charge in [0.2, 0.25) is 0 Å². The zero-order chi connectivity index (χ0) is 31.7. The molecule has 0 aliphatic carbocycles. The first-order valence-corrected chi connectivity index (χ1v) is 16.4. The van der Waals surface area contributed by atoms with Crippen molar-refractivity contribution in [2.45, 2.75) is 71.1 Å². The minimum absolute atomic E-state index is 0.00459. The van der Waals surface area contributed by atoms with E-state index in [4.69, 9.17) is 26.1 Å². The van der Waals surface area contributed by atoms with Crippen molar-refractivity contribution in [3.05, 3.63) is 69.7 Å². The highest BCUT2D eigenvalue weighted by molar-refractivity contribution is 6.33. The van der Waals surface area contributed by atoms with Crippen LogP contribution in [-0.4, -0.2) is 83.6 Å². The number of fused-ring (bicyclic) bond motifs is 3. The molecular weight excluding hydrogens is 593 g/mol. The summed E-state index contributed by atoms with van der Waals surface area (Å²) in [6.45, 7) is 12.3. The van der Waals surface area contributed by atoms with E-state index in [-0.39, 0.29) is 27.9 Å². The van der Waals surface area contributed by atoms with E-state index in [0.29, 0.717) is 47.6 Å². The van der Waals surface area contributed by atoms with E-state index in [2.05, 4.69) is 33.9 Å². The third-order valence-corrected chi connectivity index (χ3v) is 9.55. The number of nitrogens with one attached hydrogen (secondary N) is 1. The molecule has 8 nitrogen and oxygen atoms in total. The lowest BCUT2D eigenvalue weighted by Gasteiger charge is -2.38. The van der Waals surface area contributed by atoms with Gasteiger partial charge in [0.15, 0.2) is 5.82 Å². The maximum Gasteiger partial charge on any atom is 0.319 e. The number of allylic oxidation sites excluding steroid dienone is 2. The zero-order valence-electron chi connectivity index (χ0n) is 26.5. The third-order valence-electron chi connectivity index (χ3n) is 9.25. The van der Waals surface area contributed by atoms with E-state index in [9.17, 15) is 5.11 Å². The van der Waals surface area contributed by atoms with Crippen LogP contribution in [0.4, 0.5) is 10.2 Å². The summed E-state index contributed by atoms with van der Waals surface area (Å²) in [6, 6.07) is 11.1. The molecule has 2 aromatic carbocycles. The van der Waals surface area contributed by atoms with Gasteiger partial charge in [0.1, 0.15) is 17.1 Å². The number of rotatable bonds is 9. The van der Waals surface area contributed by atoms with Gasteiger partial charge >= 0.3 is 6.01 Å². The van der Waals surface area contributed by atoms with Gasteiger partial charge < -0.3 is 24.8 Å². The van der Waals surface area contributed by atoms with Crippen LogP contribution in [0, 0.1) is 12.7 Å². The number of halogens is 2. The van der Waals surface area contributed by atoms with Crippen LogP contribution in [0.25, 0.3) is 22.6 Å². The normalized spacial score (nSPS) is 24.4. The highest BCUT2D eigenvalue weighted by atomic mass is 35.5. The van der Waals surface area contributed by atoms with Crippen LogP contribution in [0.3, 0.4) is 0 Å². The van der Waals surface area contributed by atoms with E-state index in [1.807, 2.05) is 31.2 Å². The van der Waals surface area contributed by atoms with Crippen LogP contribution >= 0.6 is 11.6 Å². The Hall–Kier alpha value is -3.24. The molecule has 2 N–H and O–H groups in total. The molecule has 0 saturated carbocycles. The predicted octanol–water partition coefficient (Wildman–Crippen LogP) is 6.55. The van der Waals surface area contributed by atoms with E-state index >= 15 is 4.39 Å². The number of hydrogen-bond acceptors (Lipinski definition) is 8. The predicted molar refractivity (Wildman–Crippen MR) is 179 cm³/mol. The number of benzene rings is 2. The summed E-state index contributed by atoms with van der Waals surface area (Å²) in [5.41, 5.74) is 2.74. The van der Waals surface area contributed by atoms with Crippen LogP contribution in [-0.2, 0) is 4.74 Å². The number of aryl methyl sites for hydroxylation is 1. The van der Waals surface area contributed by atoms with Crippen molar-refractivity contribution in [1.29, 1.82) is 0 Å². The fourth-order valence-electron chi connectivity index (χ4n) is 6.93. The van der Waals surface area contributed by atoms with Crippen LogP contribution in [0.5, 0.6) is 6.01 Å². The molecule has 3 saturated heterocycles. The van der Waals surface area contributed by atoms with Crippen molar-refractivity contribution < 1.29 is 19.0 Å². The molecule has 3 aromatic rings. The number of aliphatic hydroxyl groups excluding tert-OH is 1. The summed E-state index contributed by atoms with van der Waals surface area (Å²) in [6.07, 6.45) is 6.19. The zero-order valence-corrected chi connectivity index (χ0v) is 27.3. The number of aliphatic hydroxyl groups is 1. The lowest BCUT2D eigenvalue weighted by molar-refractivity contribution is -0.0380. The fourth-order valence-corrected chi connectivity index (χ4v) is 7.27. The number of ether oxygens (including phenoxy) is 2. The molecule has 240 valence electrons. The second-order valence-corrected chi connectivity index (χ2v) is 13.2. The van der Waals surface area contributed by atoms with Crippen LogP contribution in [0.15, 0.2) is 42.2 Å². The molecule has 0 radical (unpaired) electrons. The first-order chi connectivity index (χ1) is 21.7. The van der Waals surface area contributed by atoms with E-state index in [1.54, 1.807) is 19.1 Å². The van der Waals surface area contributed by atoms with Gasteiger partial charge in [-0.05, 0) is 81.9 Å². The van der Waals surface area contributed by atoms with Gasteiger partial charge in [-0.3, -0.25) is 4.90 Å². The van der Waals surface area contributed by atoms with Gasteiger partial charge in [-0.15, -0.1) is 0 Å². The molecule has 45 heavy (non-hydrogen) atoms. The van der Waals surface area contributed by atoms with E-state index < -0.39 is 5.82 Å². The molecule has 3 aliphatic heterocycles. The Morgan fingerprint density at radius 3 is 2.58 bits per heavy atom. The number of aromatic nitrogens is 2. The summed E-state index contributed by atoms with van der Waals surface area (Å²) in [5, 5.41) is 15.2. The average molecular weight is 636 g/mol. The molecule has 2 bridgehead atoms. The summed E-state index contributed by atoms with van der Waals surface area (Å²) in [7, 11) is 0. The SMILES string of the molecule is C/C(=C\C(O)=C/c1ccccc1C)c1c(Cl)cc2c(N3CC4CCC(C3)N4)nc(OCCCN3[C@H](C)COC[C@H]3C)nc2c1F. The number of morpholine rings is 1. The summed E-state index contributed by atoms with van der Waals surface area (Å²) in [4.78, 5) is 14.1. The fraction of sp³-hybridized carbons (Fsp3) is 0.486. The van der Waals surface area contributed by atoms with Crippen LogP contribution in [0.1, 0.15) is 56.7 Å². The molecule has 1 aromatic heterocycles. The molecule has 0 spiro atoms. The Balaban J connectivity index is 1.32. The smallest absolute Gasteiger partial charge is 0.319 e. The standard InChI is InChI=1S/C35H43ClFN5O3/c1-21-8-5-6-9-25(21)15-28(43)14-22(2)31-30(36)16-29-33(32(31)37)39-35(40-34(29)41-17-26-10-11-27(18-41)38-26)45-13-7-12-42-23(3)19-44-20-24(42)4/h5-6,8-9,14-16,23-24,26-27,38,43H,7,10-13,17-20H2,1-4H3/b22-14+,28-15+/t23-,24-,26?,27?/m1/s1. The van der Waals surface area contributed by atoms with Crippen molar-refractivity contribution in [2.24, 2.45) is 0 Å². The Bertz CT molecular complexity index is 1590. The molecule has 4 atom stereocenters. The second kappa shape index (κ2) is 13.6. The van der Waals surface area contributed by atoms with Crippen LogP contribution < -0.4 is 15.0 Å². The maximum absolute atomic E-state index is 16.5. The van der Waals surface area contributed by atoms with Crippen molar-refractivity contribution in [3.8, 4) is 6.01 Å². The maximum atomic E-state index is 16.5. The molecular formula is C35H43ClFN5O3. The molecule has 0 amide bonds. The molecule has 4 heterocycles. The third kappa shape index (κ3) is 6.97. The Morgan fingerprint density at radius 1 is 1.16 bits per heavy atom. The molecule has 6 rings (SSSR count). The largest absolute Gasteiger partial charge is 0.508 e. The summed E-state index contributed by atoms with van der Waals surface area (Å²) >= 11 is 6.78. The lowest BCUT2D eigenvalue weighted by Crippen LogP contribution is -2.51. The monoisotopic (exact) mass is 635 g/mol. The Labute approximate surface area is 269 Å². The number of piperazine rings is 1. The lowest BCUT2D eigenvalue weighted by atomic mass is 10.0. The van der Waals surface area contributed by atoms with Crippen LogP contribution in [0.2, 0.25) is 5.02 Å². The van der Waals surface area contributed by atoms with Crippen molar-refractivity contribution in [1.82, 2.24) is 20.2 Å². The highest BCUT2D eigenvalue weighted by Crippen LogP contribution is 2.38. The highest BCUT2D eigenvalue weighted by Gasteiger charge is 2.34. The van der Waals surface area contributed by atoms with Gasteiger partial charge in [0.05, 0.1) is 24.8 Å². The van der Waals surface area contributed by atoms with Gasteiger partial charge in [-0.2, -0.15) is 9.97 Å². The Kier molecular flexibility index (Phi) is 9.61. The first kappa shape index (κ1) is 31.7. The number of anilines is 1. The minimum Gasteiger partial charge on any atom is -0.508 e. The van der Waals surface area contributed by atoms with Gasteiger partial charge in [0, 0.05) is 54.8 Å². The van der Waals surface area contributed by atoms with Gasteiger partial charge in [0.25, 0.3) is 0 Å². The quantitative estimate of drug-likeness (QED) is 0.156. The van der Waals surface area contributed by atoms with Crippen molar-refractivity contribution >= 4 is 40.0 Å².